The fraction of sp³-hybridized carbons (Fsp3) is 0.600. The van der Waals surface area contributed by atoms with Gasteiger partial charge in [0.15, 0.2) is 0 Å². The van der Waals surface area contributed by atoms with E-state index in [1.165, 1.54) is 12.1 Å². The molecule has 1 aliphatic carbocycles. The van der Waals surface area contributed by atoms with Gasteiger partial charge in [-0.3, -0.25) is 4.79 Å². The van der Waals surface area contributed by atoms with Gasteiger partial charge < -0.3 is 21.3 Å². The van der Waals surface area contributed by atoms with Crippen LogP contribution >= 0.6 is 0 Å². The van der Waals surface area contributed by atoms with E-state index in [1.807, 2.05) is 4.90 Å². The molecule has 1 unspecified atom stereocenters. The van der Waals surface area contributed by atoms with E-state index in [9.17, 15) is 14.0 Å². The normalized spacial score (nSPS) is 22.1. The van der Waals surface area contributed by atoms with Crippen LogP contribution in [0.1, 0.15) is 44.9 Å². The highest BCUT2D eigenvalue weighted by Crippen LogP contribution is 2.29. The molecular formula is C20H29FN4O2. The van der Waals surface area contributed by atoms with Gasteiger partial charge in [0.1, 0.15) is 5.82 Å². The van der Waals surface area contributed by atoms with E-state index >= 15 is 0 Å². The Balaban J connectivity index is 1.48. The van der Waals surface area contributed by atoms with Crippen LogP contribution in [0.4, 0.5) is 14.9 Å². The topological polar surface area (TPSA) is 87.5 Å². The maximum Gasteiger partial charge on any atom is 0.319 e. The molecule has 1 saturated carbocycles. The SMILES string of the molecule is NC1(C(=O)N2CCCC(CNC(=O)Nc3cccc(F)c3)C2)CCCCC1. The van der Waals surface area contributed by atoms with Crippen LogP contribution in [0.2, 0.25) is 0 Å². The molecule has 1 aliphatic heterocycles. The third-order valence-electron chi connectivity index (χ3n) is 5.61. The van der Waals surface area contributed by atoms with Crippen molar-refractivity contribution < 1.29 is 14.0 Å². The number of benzene rings is 1. The summed E-state index contributed by atoms with van der Waals surface area (Å²) in [6.45, 7) is 1.84. The van der Waals surface area contributed by atoms with Crippen LogP contribution in [0.5, 0.6) is 0 Å². The molecule has 1 aromatic rings. The lowest BCUT2D eigenvalue weighted by Crippen LogP contribution is -2.58. The van der Waals surface area contributed by atoms with Crippen molar-refractivity contribution in [2.45, 2.75) is 50.5 Å². The average Bonchev–Trinajstić information content (AvgIpc) is 2.67. The number of urea groups is 1. The van der Waals surface area contributed by atoms with Crippen molar-refractivity contribution >= 4 is 17.6 Å². The molecule has 0 aromatic heterocycles. The number of hydrogen-bond donors (Lipinski definition) is 3. The summed E-state index contributed by atoms with van der Waals surface area (Å²) in [7, 11) is 0. The number of halogens is 1. The highest BCUT2D eigenvalue weighted by Gasteiger charge is 2.39. The summed E-state index contributed by atoms with van der Waals surface area (Å²) in [5.41, 5.74) is 6.10. The van der Waals surface area contributed by atoms with Gasteiger partial charge in [0.05, 0.1) is 5.54 Å². The van der Waals surface area contributed by atoms with Crippen LogP contribution in [-0.2, 0) is 4.79 Å². The molecule has 3 rings (SSSR count). The van der Waals surface area contributed by atoms with Crippen LogP contribution in [0, 0.1) is 11.7 Å². The molecule has 27 heavy (non-hydrogen) atoms. The fourth-order valence-corrected chi connectivity index (χ4v) is 4.11. The maximum atomic E-state index is 13.2. The lowest BCUT2D eigenvalue weighted by molar-refractivity contribution is -0.140. The summed E-state index contributed by atoms with van der Waals surface area (Å²) in [6, 6.07) is 5.41. The molecule has 1 saturated heterocycles. The minimum absolute atomic E-state index is 0.0658. The molecular weight excluding hydrogens is 347 g/mol. The highest BCUT2D eigenvalue weighted by atomic mass is 19.1. The second kappa shape index (κ2) is 8.69. The van der Waals surface area contributed by atoms with Crippen molar-refractivity contribution in [1.82, 2.24) is 10.2 Å². The molecule has 4 N–H and O–H groups in total. The van der Waals surface area contributed by atoms with Crippen molar-refractivity contribution in [3.63, 3.8) is 0 Å². The maximum absolute atomic E-state index is 13.2. The number of carbonyl (C=O) groups is 2. The first-order chi connectivity index (χ1) is 13.0. The minimum atomic E-state index is -0.706. The molecule has 1 aromatic carbocycles. The van der Waals surface area contributed by atoms with Crippen LogP contribution in [0.25, 0.3) is 0 Å². The van der Waals surface area contributed by atoms with Gasteiger partial charge in [-0.1, -0.05) is 25.3 Å². The third-order valence-corrected chi connectivity index (χ3v) is 5.61. The van der Waals surface area contributed by atoms with Crippen molar-refractivity contribution in [3.05, 3.63) is 30.1 Å². The summed E-state index contributed by atoms with van der Waals surface area (Å²) in [5.74, 6) is -0.128. The van der Waals surface area contributed by atoms with E-state index < -0.39 is 11.4 Å². The molecule has 3 amide bonds. The fourth-order valence-electron chi connectivity index (χ4n) is 4.11. The van der Waals surface area contributed by atoms with Gasteiger partial charge in [0, 0.05) is 25.3 Å². The van der Waals surface area contributed by atoms with Gasteiger partial charge in [0.2, 0.25) is 5.91 Å². The quantitative estimate of drug-likeness (QED) is 0.755. The lowest BCUT2D eigenvalue weighted by Gasteiger charge is -2.40. The zero-order valence-electron chi connectivity index (χ0n) is 15.7. The predicted octanol–water partition coefficient (Wildman–Crippen LogP) is 2.85. The standard InChI is InChI=1S/C20H29FN4O2/c21-16-7-4-8-17(12-16)24-19(27)23-13-15-6-5-11-25(14-15)18(26)20(22)9-2-1-3-10-20/h4,7-8,12,15H,1-3,5-6,9-11,13-14,22H2,(H2,23,24,27). The lowest BCUT2D eigenvalue weighted by atomic mass is 9.81. The first-order valence-corrected chi connectivity index (χ1v) is 9.85. The molecule has 6 nitrogen and oxygen atoms in total. The van der Waals surface area contributed by atoms with E-state index in [2.05, 4.69) is 10.6 Å². The number of likely N-dealkylation sites (tertiary alicyclic amines) is 1. The number of rotatable bonds is 4. The van der Waals surface area contributed by atoms with Crippen LogP contribution < -0.4 is 16.4 Å². The Morgan fingerprint density at radius 1 is 1.22 bits per heavy atom. The van der Waals surface area contributed by atoms with Crippen LogP contribution in [0.15, 0.2) is 24.3 Å². The monoisotopic (exact) mass is 376 g/mol. The Labute approximate surface area is 159 Å². The number of carbonyl (C=O) groups excluding carboxylic acids is 2. The van der Waals surface area contributed by atoms with Crippen molar-refractivity contribution in [2.24, 2.45) is 11.7 Å². The molecule has 2 fully saturated rings. The number of nitrogens with zero attached hydrogens (tertiary/aromatic N) is 1. The van der Waals surface area contributed by atoms with Crippen molar-refractivity contribution in [1.29, 1.82) is 0 Å². The Morgan fingerprint density at radius 3 is 2.74 bits per heavy atom. The highest BCUT2D eigenvalue weighted by molar-refractivity contribution is 5.89. The summed E-state index contributed by atoms with van der Waals surface area (Å²) in [5, 5.41) is 5.45. The van der Waals surface area contributed by atoms with E-state index in [4.69, 9.17) is 5.73 Å². The molecule has 0 bridgehead atoms. The van der Waals surface area contributed by atoms with E-state index in [0.29, 0.717) is 18.8 Å². The Bertz CT molecular complexity index is 676. The number of nitrogens with one attached hydrogen (secondary N) is 2. The number of hydrogen-bond acceptors (Lipinski definition) is 3. The predicted molar refractivity (Wildman–Crippen MR) is 103 cm³/mol. The molecule has 7 heteroatoms. The number of amides is 3. The summed E-state index contributed by atoms with van der Waals surface area (Å²) in [6.07, 6.45) is 6.59. The zero-order valence-corrected chi connectivity index (χ0v) is 15.7. The molecule has 2 aliphatic rings. The first-order valence-electron chi connectivity index (χ1n) is 9.85. The molecule has 0 radical (unpaired) electrons. The second-order valence-corrected chi connectivity index (χ2v) is 7.82. The molecule has 0 spiro atoms. The zero-order chi connectivity index (χ0) is 19.3. The number of piperidine rings is 1. The number of nitrogens with two attached hydrogens (primary N) is 1. The molecule has 148 valence electrons. The largest absolute Gasteiger partial charge is 0.341 e. The van der Waals surface area contributed by atoms with Crippen LogP contribution in [-0.4, -0.2) is 42.0 Å². The Kier molecular flexibility index (Phi) is 6.31. The van der Waals surface area contributed by atoms with Gasteiger partial charge >= 0.3 is 6.03 Å². The first kappa shape index (κ1) is 19.6. The molecule has 1 atom stereocenters. The Hall–Kier alpha value is -2.15. The van der Waals surface area contributed by atoms with E-state index in [-0.39, 0.29) is 17.9 Å². The smallest absolute Gasteiger partial charge is 0.319 e. The summed E-state index contributed by atoms with van der Waals surface area (Å²) in [4.78, 5) is 26.8. The van der Waals surface area contributed by atoms with E-state index in [1.54, 1.807) is 12.1 Å². The van der Waals surface area contributed by atoms with E-state index in [0.717, 1.165) is 51.5 Å². The van der Waals surface area contributed by atoms with Gasteiger partial charge in [-0.15, -0.1) is 0 Å². The van der Waals surface area contributed by atoms with Crippen LogP contribution in [0.3, 0.4) is 0 Å². The van der Waals surface area contributed by atoms with Gasteiger partial charge in [-0.2, -0.15) is 0 Å². The number of anilines is 1. The minimum Gasteiger partial charge on any atom is -0.341 e. The van der Waals surface area contributed by atoms with Crippen molar-refractivity contribution in [3.8, 4) is 0 Å². The van der Waals surface area contributed by atoms with Gasteiger partial charge in [-0.25, -0.2) is 9.18 Å². The van der Waals surface area contributed by atoms with Crippen molar-refractivity contribution in [2.75, 3.05) is 25.0 Å². The van der Waals surface area contributed by atoms with Gasteiger partial charge in [0.25, 0.3) is 0 Å². The summed E-state index contributed by atoms with van der Waals surface area (Å²) < 4.78 is 13.2. The van der Waals surface area contributed by atoms with Gasteiger partial charge in [-0.05, 0) is 49.8 Å². The second-order valence-electron chi connectivity index (χ2n) is 7.82. The average molecular weight is 376 g/mol. The third kappa shape index (κ3) is 5.19. The summed E-state index contributed by atoms with van der Waals surface area (Å²) >= 11 is 0. The Morgan fingerprint density at radius 2 is 2.00 bits per heavy atom. The molecule has 1 heterocycles.